The van der Waals surface area contributed by atoms with Crippen molar-refractivity contribution in [1.82, 2.24) is 0 Å². The van der Waals surface area contributed by atoms with Crippen molar-refractivity contribution in [3.8, 4) is 0 Å². The van der Waals surface area contributed by atoms with Crippen molar-refractivity contribution in [1.29, 1.82) is 0 Å². The minimum Gasteiger partial charge on any atom is -0.309 e. The van der Waals surface area contributed by atoms with Gasteiger partial charge in [-0.3, -0.25) is 0 Å². The molecule has 3 aromatic carbocycles. The number of hydrogen-bond acceptors (Lipinski definition) is 7. The third kappa shape index (κ3) is 5.33. The van der Waals surface area contributed by atoms with E-state index < -0.39 is 55.7 Å². The first-order chi connectivity index (χ1) is 15.5. The number of benzene rings is 3. The summed E-state index contributed by atoms with van der Waals surface area (Å²) in [6, 6.07) is 8.80. The molecule has 0 amide bonds. The zero-order valence-corrected chi connectivity index (χ0v) is 21.8. The van der Waals surface area contributed by atoms with Gasteiger partial charge in [0.15, 0.2) is 7.14 Å². The second kappa shape index (κ2) is 9.16. The van der Waals surface area contributed by atoms with Gasteiger partial charge in [-0.05, 0) is 60.7 Å². The molecule has 0 saturated heterocycles. The van der Waals surface area contributed by atoms with Crippen molar-refractivity contribution in [3.63, 3.8) is 0 Å². The van der Waals surface area contributed by atoms with Gasteiger partial charge in [-0.1, -0.05) is 0 Å². The molecule has 0 aliphatic carbocycles. The molecule has 0 spiro atoms. The quantitative estimate of drug-likeness (QED) is 0.310. The summed E-state index contributed by atoms with van der Waals surface area (Å²) in [5.74, 6) is -2.51. The Kier molecular flexibility index (Phi) is 7.29. The van der Waals surface area contributed by atoms with Crippen molar-refractivity contribution in [3.05, 3.63) is 72.3 Å². The molecule has 0 fully saturated rings. The molecule has 0 radical (unpaired) electrons. The molecule has 0 heterocycles. The molecule has 0 aliphatic heterocycles. The monoisotopic (exact) mass is 608 g/mol. The lowest BCUT2D eigenvalue weighted by molar-refractivity contribution is 0.574. The van der Waals surface area contributed by atoms with E-state index in [4.69, 9.17) is 32.0 Å². The van der Waals surface area contributed by atoms with Crippen LogP contribution in [0, 0.1) is 11.6 Å². The van der Waals surface area contributed by atoms with Gasteiger partial charge in [0.1, 0.15) is 21.4 Å². The molecule has 0 aliphatic rings. The van der Waals surface area contributed by atoms with Crippen LogP contribution in [0.25, 0.3) is 0 Å². The normalized spacial score (nSPS) is 13.1. The molecular weight excluding hydrogens is 600 g/mol. The number of halogens is 5. The SMILES string of the molecule is O=P(c1ccc(S(=O)(=O)Cl)cc1)(c1ccc(F)c(S(=O)(=O)Cl)c1)c1ccc(F)c(S(=O)(=O)Cl)c1. The summed E-state index contributed by atoms with van der Waals surface area (Å²) in [4.78, 5) is -2.39. The Morgan fingerprint density at radius 1 is 0.559 bits per heavy atom. The van der Waals surface area contributed by atoms with Gasteiger partial charge in [0.2, 0.25) is 0 Å². The van der Waals surface area contributed by atoms with Crippen LogP contribution >= 0.6 is 39.2 Å². The van der Waals surface area contributed by atoms with Crippen molar-refractivity contribution < 1.29 is 38.6 Å². The summed E-state index contributed by atoms with van der Waals surface area (Å²) in [7, 11) is -1.92. The highest BCUT2D eigenvalue weighted by Crippen LogP contribution is 2.44. The van der Waals surface area contributed by atoms with Crippen LogP contribution in [0.2, 0.25) is 0 Å². The van der Waals surface area contributed by atoms with Crippen LogP contribution in [0.1, 0.15) is 0 Å². The minimum atomic E-state index is -4.64. The maximum atomic E-state index is 14.5. The van der Waals surface area contributed by atoms with E-state index in [1.54, 1.807) is 0 Å². The molecule has 16 heteroatoms. The maximum absolute atomic E-state index is 14.5. The van der Waals surface area contributed by atoms with Gasteiger partial charge in [0, 0.05) is 48.0 Å². The summed E-state index contributed by atoms with van der Waals surface area (Å²) in [5.41, 5.74) is 0. The molecule has 0 N–H and O–H groups in total. The van der Waals surface area contributed by atoms with Gasteiger partial charge in [-0.2, -0.15) is 0 Å². The topological polar surface area (TPSA) is 119 Å². The van der Waals surface area contributed by atoms with Gasteiger partial charge in [-0.25, -0.2) is 34.0 Å². The van der Waals surface area contributed by atoms with Gasteiger partial charge in [0.05, 0.1) is 4.90 Å². The van der Waals surface area contributed by atoms with E-state index >= 15 is 0 Å². The lowest BCUT2D eigenvalue weighted by Crippen LogP contribution is -2.26. The first-order valence-corrected chi connectivity index (χ1v) is 17.2. The fourth-order valence-electron chi connectivity index (χ4n) is 3.02. The third-order valence-corrected chi connectivity index (χ3v) is 11.6. The fourth-order valence-corrected chi connectivity index (χ4v) is 8.46. The van der Waals surface area contributed by atoms with Crippen molar-refractivity contribution >= 4 is 82.3 Å². The molecule has 0 saturated carbocycles. The molecule has 3 rings (SSSR count). The van der Waals surface area contributed by atoms with E-state index in [0.29, 0.717) is 24.3 Å². The van der Waals surface area contributed by atoms with Crippen LogP contribution < -0.4 is 15.9 Å². The van der Waals surface area contributed by atoms with Crippen LogP contribution in [0.15, 0.2) is 75.4 Å². The first-order valence-electron chi connectivity index (χ1n) is 8.60. The van der Waals surface area contributed by atoms with E-state index in [-0.39, 0.29) is 20.8 Å². The van der Waals surface area contributed by atoms with Crippen molar-refractivity contribution in [2.75, 3.05) is 0 Å². The van der Waals surface area contributed by atoms with E-state index in [0.717, 1.165) is 36.4 Å². The van der Waals surface area contributed by atoms with Crippen LogP contribution in [0.4, 0.5) is 8.78 Å². The molecule has 7 nitrogen and oxygen atoms in total. The van der Waals surface area contributed by atoms with Gasteiger partial charge < -0.3 is 4.57 Å². The molecule has 0 bridgehead atoms. The molecule has 0 unspecified atom stereocenters. The lowest BCUT2D eigenvalue weighted by Gasteiger charge is -2.21. The second-order valence-electron chi connectivity index (χ2n) is 6.65. The Labute approximate surface area is 206 Å². The summed E-state index contributed by atoms with van der Waals surface area (Å²) in [5, 5.41) is -0.816. The van der Waals surface area contributed by atoms with Gasteiger partial charge in [-0.15, -0.1) is 0 Å². The van der Waals surface area contributed by atoms with Crippen LogP contribution in [-0.4, -0.2) is 25.3 Å². The molecular formula is C18H10Cl3F2O7PS3. The number of hydrogen-bond donors (Lipinski definition) is 0. The highest BCUT2D eigenvalue weighted by Gasteiger charge is 2.34. The van der Waals surface area contributed by atoms with Gasteiger partial charge >= 0.3 is 0 Å². The number of rotatable bonds is 6. The predicted octanol–water partition coefficient (Wildman–Crippen LogP) is 3.39. The Balaban J connectivity index is 2.42. The van der Waals surface area contributed by atoms with Crippen LogP contribution in [0.5, 0.6) is 0 Å². The summed E-state index contributed by atoms with van der Waals surface area (Å²) >= 11 is 0. The average molecular weight is 610 g/mol. The van der Waals surface area contributed by atoms with E-state index in [2.05, 4.69) is 0 Å². The fraction of sp³-hybridized carbons (Fsp3) is 0. The smallest absolute Gasteiger partial charge is 0.264 e. The molecule has 0 atom stereocenters. The van der Waals surface area contributed by atoms with Crippen LogP contribution in [-0.2, 0) is 31.7 Å². The summed E-state index contributed by atoms with van der Waals surface area (Å²) in [6.07, 6.45) is 0. The standard InChI is InChI=1S/C18H10Cl3F2O7PS3/c19-32(25,26)14-5-1-11(2-6-14)31(24,12-3-7-15(22)17(9-12)33(20,27)28)13-4-8-16(23)18(10-13)34(21,29)30/h1-10H. The van der Waals surface area contributed by atoms with E-state index in [1.807, 2.05) is 0 Å². The third-order valence-electron chi connectivity index (χ3n) is 4.56. The Morgan fingerprint density at radius 3 is 1.24 bits per heavy atom. The zero-order chi connectivity index (χ0) is 25.7. The molecule has 182 valence electrons. The van der Waals surface area contributed by atoms with E-state index in [9.17, 15) is 38.6 Å². The molecule has 0 aromatic heterocycles. The molecule has 34 heavy (non-hydrogen) atoms. The zero-order valence-electron chi connectivity index (χ0n) is 16.2. The highest BCUT2D eigenvalue weighted by molar-refractivity contribution is 8.14. The highest BCUT2D eigenvalue weighted by atomic mass is 35.7. The Morgan fingerprint density at radius 2 is 0.912 bits per heavy atom. The Bertz CT molecular complexity index is 1590. The lowest BCUT2D eigenvalue weighted by atomic mass is 10.3. The summed E-state index contributed by atoms with van der Waals surface area (Å²) in [6.45, 7) is 0. The first kappa shape index (κ1) is 27.1. The van der Waals surface area contributed by atoms with Crippen LogP contribution in [0.3, 0.4) is 0 Å². The largest absolute Gasteiger partial charge is 0.309 e. The Hall–Kier alpha value is -1.53. The average Bonchev–Trinajstić information content (AvgIpc) is 2.71. The molecule has 3 aromatic rings. The van der Waals surface area contributed by atoms with Gasteiger partial charge in [0.25, 0.3) is 27.2 Å². The van der Waals surface area contributed by atoms with Crippen molar-refractivity contribution in [2.45, 2.75) is 14.7 Å². The minimum absolute atomic E-state index is 0.148. The second-order valence-corrected chi connectivity index (χ2v) is 17.0. The maximum Gasteiger partial charge on any atom is 0.264 e. The predicted molar refractivity (Wildman–Crippen MR) is 125 cm³/mol. The summed E-state index contributed by atoms with van der Waals surface area (Å²) < 4.78 is 113. The van der Waals surface area contributed by atoms with E-state index in [1.165, 1.54) is 0 Å². The van der Waals surface area contributed by atoms with Crippen molar-refractivity contribution in [2.24, 2.45) is 0 Å².